The van der Waals surface area contributed by atoms with Gasteiger partial charge in [-0.25, -0.2) is 11.0 Å². The van der Waals surface area contributed by atoms with Crippen LogP contribution in [0.4, 0.5) is 4.39 Å². The number of nitrogens with zero attached hydrogens (tertiary/aromatic N) is 1. The summed E-state index contributed by atoms with van der Waals surface area (Å²) in [4.78, 5) is 19.2. The number of aromatic amines is 1. The van der Waals surface area contributed by atoms with Crippen LogP contribution < -0.4 is 5.32 Å². The highest BCUT2D eigenvalue weighted by molar-refractivity contribution is 5.98. The normalized spacial score (nSPS) is 19.1. The molecule has 2 atom stereocenters. The molecule has 4 nitrogen and oxygen atoms in total. The zero-order chi connectivity index (χ0) is 18.8. The van der Waals surface area contributed by atoms with E-state index in [1.54, 1.807) is 12.1 Å². The van der Waals surface area contributed by atoms with E-state index in [0.717, 1.165) is 41.3 Å². The summed E-state index contributed by atoms with van der Waals surface area (Å²) in [5.41, 5.74) is 3.29. The maximum atomic E-state index is 13.1. The van der Waals surface area contributed by atoms with Gasteiger partial charge in [0.1, 0.15) is 11.5 Å². The van der Waals surface area contributed by atoms with Gasteiger partial charge in [0.05, 0.1) is 0 Å². The van der Waals surface area contributed by atoms with Crippen LogP contribution in [-0.4, -0.2) is 23.5 Å². The van der Waals surface area contributed by atoms with Gasteiger partial charge in [0.2, 0.25) is 6.04 Å². The summed E-state index contributed by atoms with van der Waals surface area (Å²) in [6, 6.07) is 14.2. The molecule has 1 fully saturated rings. The Balaban J connectivity index is 1.47. The van der Waals surface area contributed by atoms with E-state index in [-0.39, 0.29) is 17.8 Å². The third kappa shape index (κ3) is 3.70. The molecule has 2 aromatic carbocycles. The molecule has 1 aliphatic rings. The lowest BCUT2D eigenvalue weighted by molar-refractivity contribution is 0.0943. The van der Waals surface area contributed by atoms with Gasteiger partial charge in [-0.3, -0.25) is 4.79 Å². The number of amides is 1. The first kappa shape index (κ1) is 17.3. The van der Waals surface area contributed by atoms with Crippen LogP contribution in [0.5, 0.6) is 0 Å². The van der Waals surface area contributed by atoms with Crippen LogP contribution in [0.1, 0.15) is 29.8 Å². The van der Waals surface area contributed by atoms with E-state index in [2.05, 4.69) is 15.1 Å². The molecule has 1 aliphatic carbocycles. The van der Waals surface area contributed by atoms with Gasteiger partial charge in [-0.05, 0) is 47.7 Å². The van der Waals surface area contributed by atoms with Gasteiger partial charge < -0.3 is 15.1 Å². The number of rotatable bonds is 4. The van der Waals surface area contributed by atoms with Crippen molar-refractivity contribution >= 4 is 16.8 Å². The number of hydrogen-bond donors (Lipinski definition) is 2. The summed E-state index contributed by atoms with van der Waals surface area (Å²) < 4.78 is 13.1. The van der Waals surface area contributed by atoms with E-state index in [4.69, 9.17) is 6.57 Å². The average molecular weight is 361 g/mol. The number of hydrogen-bond acceptors (Lipinski definition) is 1. The van der Waals surface area contributed by atoms with Crippen LogP contribution >= 0.6 is 0 Å². The second-order valence-corrected chi connectivity index (χ2v) is 7.16. The monoisotopic (exact) mass is 361 g/mol. The summed E-state index contributed by atoms with van der Waals surface area (Å²) in [7, 11) is 0. The highest BCUT2D eigenvalue weighted by Gasteiger charge is 2.28. The van der Waals surface area contributed by atoms with Gasteiger partial charge in [0, 0.05) is 30.3 Å². The third-order valence-electron chi connectivity index (χ3n) is 5.29. The lowest BCUT2D eigenvalue weighted by Crippen LogP contribution is -2.28. The first-order valence-corrected chi connectivity index (χ1v) is 9.16. The highest BCUT2D eigenvalue weighted by atomic mass is 19.1. The van der Waals surface area contributed by atoms with Crippen LogP contribution in [0.15, 0.2) is 48.5 Å². The molecule has 0 aliphatic heterocycles. The Bertz CT molecular complexity index is 1020. The summed E-state index contributed by atoms with van der Waals surface area (Å²) in [5, 5.41) is 3.94. The van der Waals surface area contributed by atoms with Crippen molar-refractivity contribution in [3.63, 3.8) is 0 Å². The highest BCUT2D eigenvalue weighted by Crippen LogP contribution is 2.28. The van der Waals surface area contributed by atoms with Crippen molar-refractivity contribution in [3.05, 3.63) is 71.5 Å². The Morgan fingerprint density at radius 1 is 1.15 bits per heavy atom. The van der Waals surface area contributed by atoms with Gasteiger partial charge in [-0.2, -0.15) is 0 Å². The van der Waals surface area contributed by atoms with Crippen molar-refractivity contribution < 1.29 is 9.18 Å². The Morgan fingerprint density at radius 2 is 1.93 bits per heavy atom. The predicted molar refractivity (Wildman–Crippen MR) is 104 cm³/mol. The number of carbonyl (C=O) groups excluding carboxylic acids is 1. The fourth-order valence-corrected chi connectivity index (χ4v) is 3.75. The molecule has 0 radical (unpaired) electrons. The summed E-state index contributed by atoms with van der Waals surface area (Å²) >= 11 is 0. The summed E-state index contributed by atoms with van der Waals surface area (Å²) in [6.45, 7) is 7.72. The predicted octanol–water partition coefficient (Wildman–Crippen LogP) is 4.79. The van der Waals surface area contributed by atoms with Crippen molar-refractivity contribution in [1.29, 1.82) is 0 Å². The molecule has 0 unspecified atom stereocenters. The van der Waals surface area contributed by atoms with E-state index >= 15 is 0 Å². The molecule has 4 rings (SSSR count). The average Bonchev–Trinajstić information content (AvgIpc) is 3.32. The minimum absolute atomic E-state index is 0.116. The summed E-state index contributed by atoms with van der Waals surface area (Å²) in [5.74, 6) is 0.00643. The van der Waals surface area contributed by atoms with Crippen molar-refractivity contribution in [2.24, 2.45) is 5.92 Å². The van der Waals surface area contributed by atoms with Crippen LogP contribution in [0.3, 0.4) is 0 Å². The maximum Gasteiger partial charge on any atom is 0.267 e. The van der Waals surface area contributed by atoms with Crippen LogP contribution in [0, 0.1) is 18.3 Å². The standard InChI is InChI=1S/C22H20FN3O/c1-24-19-9-2-14(10-19)13-25-22(27)21-12-17-4-3-16(11-20(17)26-21)15-5-7-18(23)8-6-15/h3-8,11-12,14,19,26H,2,9-10,13H2,(H,25,27)/t14-,19+/m0/s1. The van der Waals surface area contributed by atoms with E-state index in [1.807, 2.05) is 24.3 Å². The number of benzene rings is 2. The van der Waals surface area contributed by atoms with Crippen LogP contribution in [0.2, 0.25) is 0 Å². The van der Waals surface area contributed by atoms with Crippen molar-refractivity contribution in [1.82, 2.24) is 10.3 Å². The van der Waals surface area contributed by atoms with Crippen LogP contribution in [0.25, 0.3) is 26.9 Å². The minimum atomic E-state index is -0.261. The molecule has 136 valence electrons. The fourth-order valence-electron chi connectivity index (χ4n) is 3.75. The molecule has 3 aromatic rings. The van der Waals surface area contributed by atoms with Gasteiger partial charge in [0.15, 0.2) is 0 Å². The van der Waals surface area contributed by atoms with Crippen molar-refractivity contribution in [3.8, 4) is 11.1 Å². The zero-order valence-electron chi connectivity index (χ0n) is 14.8. The Labute approximate surface area is 157 Å². The number of fused-ring (bicyclic) bond motifs is 1. The smallest absolute Gasteiger partial charge is 0.267 e. The summed E-state index contributed by atoms with van der Waals surface area (Å²) in [6.07, 6.45) is 2.81. The minimum Gasteiger partial charge on any atom is -0.351 e. The van der Waals surface area contributed by atoms with Crippen LogP contribution in [-0.2, 0) is 0 Å². The van der Waals surface area contributed by atoms with Gasteiger partial charge in [0.25, 0.3) is 5.91 Å². The van der Waals surface area contributed by atoms with Gasteiger partial charge in [-0.1, -0.05) is 24.3 Å². The maximum absolute atomic E-state index is 13.1. The molecule has 5 heteroatoms. The molecule has 1 saturated carbocycles. The molecule has 2 N–H and O–H groups in total. The first-order chi connectivity index (χ1) is 13.1. The molecule has 27 heavy (non-hydrogen) atoms. The molecule has 0 bridgehead atoms. The molecule has 1 amide bonds. The fraction of sp³-hybridized carbons (Fsp3) is 0.273. The SMILES string of the molecule is [C-]#[N+][C@@H]1CC[C@H](CNC(=O)c2cc3ccc(-c4ccc(F)cc4)cc3[nH]2)C1. The number of aromatic nitrogens is 1. The molecule has 1 aromatic heterocycles. The van der Waals surface area contributed by atoms with Gasteiger partial charge >= 0.3 is 0 Å². The van der Waals surface area contributed by atoms with E-state index in [0.29, 0.717) is 18.2 Å². The Morgan fingerprint density at radius 3 is 2.67 bits per heavy atom. The number of carbonyl (C=O) groups is 1. The van der Waals surface area contributed by atoms with Crippen molar-refractivity contribution in [2.75, 3.05) is 6.54 Å². The number of nitrogens with one attached hydrogen (secondary N) is 2. The van der Waals surface area contributed by atoms with Crippen molar-refractivity contribution in [2.45, 2.75) is 25.3 Å². The second-order valence-electron chi connectivity index (χ2n) is 7.16. The van der Waals surface area contributed by atoms with E-state index in [9.17, 15) is 9.18 Å². The molecule has 0 saturated heterocycles. The molecule has 1 heterocycles. The second kappa shape index (κ2) is 7.24. The molecular weight excluding hydrogens is 341 g/mol. The lowest BCUT2D eigenvalue weighted by atomic mass is 10.0. The number of H-pyrrole nitrogens is 1. The molecular formula is C22H20FN3O. The largest absolute Gasteiger partial charge is 0.351 e. The quantitative estimate of drug-likeness (QED) is 0.645. The topological polar surface area (TPSA) is 49.2 Å². The Hall–Kier alpha value is -3.13. The zero-order valence-corrected chi connectivity index (χ0v) is 14.8. The lowest BCUT2D eigenvalue weighted by Gasteiger charge is -2.09. The van der Waals surface area contributed by atoms with Gasteiger partial charge in [-0.15, -0.1) is 0 Å². The Kier molecular flexibility index (Phi) is 4.64. The first-order valence-electron chi connectivity index (χ1n) is 9.16. The third-order valence-corrected chi connectivity index (χ3v) is 5.29. The van der Waals surface area contributed by atoms with E-state index < -0.39 is 0 Å². The molecule has 0 spiro atoms. The van der Waals surface area contributed by atoms with E-state index in [1.165, 1.54) is 12.1 Å². The number of halogens is 1.